The summed E-state index contributed by atoms with van der Waals surface area (Å²) in [5, 5.41) is 3.66. The first-order chi connectivity index (χ1) is 13.5. The number of hydrogen-bond acceptors (Lipinski definition) is 3. The van der Waals surface area contributed by atoms with Crippen molar-refractivity contribution in [3.63, 3.8) is 0 Å². The molecule has 4 aromatic rings. The van der Waals surface area contributed by atoms with E-state index < -0.39 is 10.0 Å². The van der Waals surface area contributed by atoms with E-state index in [0.29, 0.717) is 0 Å². The summed E-state index contributed by atoms with van der Waals surface area (Å²) in [5.74, 6) is -0.351. The number of aromatic amines is 1. The first-order valence-electron chi connectivity index (χ1n) is 8.89. The van der Waals surface area contributed by atoms with Crippen molar-refractivity contribution in [2.24, 2.45) is 0 Å². The van der Waals surface area contributed by atoms with Gasteiger partial charge in [0.2, 0.25) is 0 Å². The number of hydrogen-bond donors (Lipinski definition) is 2. The molecule has 0 spiro atoms. The number of nitrogens with zero attached hydrogens (tertiary/aromatic N) is 1. The zero-order valence-corrected chi connectivity index (χ0v) is 16.0. The molecule has 7 heteroatoms. The van der Waals surface area contributed by atoms with E-state index in [1.807, 2.05) is 37.3 Å². The molecule has 0 saturated carbocycles. The Bertz CT molecular complexity index is 1270. The Morgan fingerprint density at radius 3 is 2.75 bits per heavy atom. The highest BCUT2D eigenvalue weighted by atomic mass is 32.2. The third-order valence-electron chi connectivity index (χ3n) is 4.68. The molecule has 0 aliphatic carbocycles. The van der Waals surface area contributed by atoms with Gasteiger partial charge in [-0.2, -0.15) is 0 Å². The van der Waals surface area contributed by atoms with Crippen molar-refractivity contribution in [2.45, 2.75) is 18.2 Å². The van der Waals surface area contributed by atoms with E-state index in [9.17, 15) is 13.2 Å². The minimum Gasteiger partial charge on any atom is -0.361 e. The molecular weight excluding hydrogens is 374 g/mol. The highest BCUT2D eigenvalue weighted by molar-refractivity contribution is 7.90. The fourth-order valence-electron chi connectivity index (χ4n) is 3.12. The Kier molecular flexibility index (Phi) is 4.52. The van der Waals surface area contributed by atoms with Gasteiger partial charge in [0.15, 0.2) is 0 Å². The summed E-state index contributed by atoms with van der Waals surface area (Å²) in [6.07, 6.45) is 5.26. The molecule has 2 N–H and O–H groups in total. The van der Waals surface area contributed by atoms with E-state index in [2.05, 4.69) is 10.3 Å². The zero-order valence-electron chi connectivity index (χ0n) is 15.2. The van der Waals surface area contributed by atoms with Crippen LogP contribution < -0.4 is 5.32 Å². The maximum absolute atomic E-state index is 12.9. The van der Waals surface area contributed by atoms with Gasteiger partial charge in [-0.05, 0) is 48.4 Å². The van der Waals surface area contributed by atoms with Gasteiger partial charge in [0.05, 0.1) is 10.5 Å². The molecule has 142 valence electrons. The summed E-state index contributed by atoms with van der Waals surface area (Å²) in [4.78, 5) is 15.8. The molecule has 28 heavy (non-hydrogen) atoms. The molecule has 0 unspecified atom stereocenters. The molecule has 0 bridgehead atoms. The summed E-state index contributed by atoms with van der Waals surface area (Å²) >= 11 is 0. The molecule has 0 saturated heterocycles. The van der Waals surface area contributed by atoms with E-state index in [-0.39, 0.29) is 16.4 Å². The Labute approximate surface area is 162 Å². The Hall–Kier alpha value is -3.32. The Balaban J connectivity index is 1.61. The molecule has 2 aromatic heterocycles. The van der Waals surface area contributed by atoms with Crippen LogP contribution in [0.2, 0.25) is 0 Å². The summed E-state index contributed by atoms with van der Waals surface area (Å²) in [7, 11) is -3.78. The third-order valence-corrected chi connectivity index (χ3v) is 6.31. The van der Waals surface area contributed by atoms with E-state index >= 15 is 0 Å². The maximum atomic E-state index is 12.9. The number of fused-ring (bicyclic) bond motifs is 1. The molecule has 0 aliphatic rings. The van der Waals surface area contributed by atoms with Gasteiger partial charge in [0.1, 0.15) is 0 Å². The van der Waals surface area contributed by atoms with Crippen LogP contribution in [-0.2, 0) is 16.4 Å². The number of para-hydroxylation sites is 1. The minimum absolute atomic E-state index is 0.165. The molecule has 0 radical (unpaired) electrons. The molecule has 2 aromatic carbocycles. The number of carbonyl (C=O) groups is 1. The van der Waals surface area contributed by atoms with Gasteiger partial charge in [0.25, 0.3) is 15.9 Å². The summed E-state index contributed by atoms with van der Waals surface area (Å²) in [5.41, 5.74) is 2.88. The average Bonchev–Trinajstić information content (AvgIpc) is 3.37. The second-order valence-electron chi connectivity index (χ2n) is 6.43. The van der Waals surface area contributed by atoms with Gasteiger partial charge in [0, 0.05) is 35.2 Å². The van der Waals surface area contributed by atoms with Crippen LogP contribution >= 0.6 is 0 Å². The molecular formula is C21H19N3O3S. The van der Waals surface area contributed by atoms with E-state index in [0.717, 1.165) is 32.5 Å². The van der Waals surface area contributed by atoms with Crippen LogP contribution in [0.1, 0.15) is 22.8 Å². The highest BCUT2D eigenvalue weighted by Crippen LogP contribution is 2.22. The second-order valence-corrected chi connectivity index (χ2v) is 8.27. The number of aromatic nitrogens is 2. The number of nitrogens with one attached hydrogen (secondary N) is 2. The summed E-state index contributed by atoms with van der Waals surface area (Å²) < 4.78 is 26.9. The largest absolute Gasteiger partial charge is 0.361 e. The minimum atomic E-state index is -3.78. The van der Waals surface area contributed by atoms with Crippen molar-refractivity contribution in [1.82, 2.24) is 8.96 Å². The van der Waals surface area contributed by atoms with Crippen molar-refractivity contribution >= 4 is 32.5 Å². The van der Waals surface area contributed by atoms with E-state index in [1.165, 1.54) is 18.5 Å². The lowest BCUT2D eigenvalue weighted by atomic mass is 10.1. The number of rotatable bonds is 5. The molecule has 2 heterocycles. The van der Waals surface area contributed by atoms with Crippen LogP contribution in [0.5, 0.6) is 0 Å². The number of anilines is 1. The second kappa shape index (κ2) is 7.01. The van der Waals surface area contributed by atoms with Gasteiger partial charge >= 0.3 is 0 Å². The van der Waals surface area contributed by atoms with Gasteiger partial charge in [-0.1, -0.05) is 25.1 Å². The van der Waals surface area contributed by atoms with Crippen LogP contribution in [0, 0.1) is 0 Å². The predicted molar refractivity (Wildman–Crippen MR) is 109 cm³/mol. The van der Waals surface area contributed by atoms with Crippen LogP contribution in [0.25, 0.3) is 10.9 Å². The highest BCUT2D eigenvalue weighted by Gasteiger charge is 2.19. The van der Waals surface area contributed by atoms with Crippen LogP contribution in [0.15, 0.2) is 78.1 Å². The van der Waals surface area contributed by atoms with Crippen molar-refractivity contribution in [2.75, 3.05) is 5.32 Å². The number of aryl methyl sites for hydroxylation is 1. The Morgan fingerprint density at radius 2 is 1.93 bits per heavy atom. The lowest BCUT2D eigenvalue weighted by molar-refractivity contribution is 0.102. The zero-order chi connectivity index (χ0) is 19.7. The fourth-order valence-corrected chi connectivity index (χ4v) is 4.35. The monoisotopic (exact) mass is 393 g/mol. The molecule has 0 atom stereocenters. The molecule has 4 rings (SSSR count). The van der Waals surface area contributed by atoms with E-state index in [1.54, 1.807) is 24.4 Å². The first-order valence-corrected chi connectivity index (χ1v) is 10.3. The van der Waals surface area contributed by atoms with Gasteiger partial charge in [-0.25, -0.2) is 12.4 Å². The number of amides is 1. The Morgan fingerprint density at radius 1 is 1.11 bits per heavy atom. The van der Waals surface area contributed by atoms with Crippen LogP contribution in [-0.4, -0.2) is 23.3 Å². The molecule has 1 amide bonds. The first kappa shape index (κ1) is 18.1. The summed E-state index contributed by atoms with van der Waals surface area (Å²) in [6, 6.07) is 15.7. The maximum Gasteiger partial charge on any atom is 0.267 e. The van der Waals surface area contributed by atoms with Gasteiger partial charge in [-0.3, -0.25) is 4.79 Å². The summed E-state index contributed by atoms with van der Waals surface area (Å²) in [6.45, 7) is 2.01. The van der Waals surface area contributed by atoms with Crippen LogP contribution in [0.3, 0.4) is 0 Å². The van der Waals surface area contributed by atoms with Gasteiger partial charge in [-0.15, -0.1) is 0 Å². The topological polar surface area (TPSA) is 84.0 Å². The van der Waals surface area contributed by atoms with Crippen molar-refractivity contribution in [3.05, 3.63) is 84.3 Å². The smallest absolute Gasteiger partial charge is 0.267 e. The predicted octanol–water partition coefficient (Wildman–Crippen LogP) is 4.02. The van der Waals surface area contributed by atoms with Crippen molar-refractivity contribution in [3.8, 4) is 0 Å². The van der Waals surface area contributed by atoms with Gasteiger partial charge < -0.3 is 10.3 Å². The van der Waals surface area contributed by atoms with E-state index in [4.69, 9.17) is 0 Å². The molecule has 0 fully saturated rings. The number of H-pyrrole nitrogens is 1. The molecule has 6 nitrogen and oxygen atoms in total. The number of carbonyl (C=O) groups excluding carboxylic acids is 1. The average molecular weight is 393 g/mol. The fraction of sp³-hybridized carbons (Fsp3) is 0.0952. The third kappa shape index (κ3) is 3.20. The molecule has 0 aliphatic heterocycles. The SMILES string of the molecule is CCc1ccccc1NC(=O)c1ccn(S(=O)(=O)c2ccc3[nH]ccc3c2)c1. The quantitative estimate of drug-likeness (QED) is 0.537. The lowest BCUT2D eigenvalue weighted by Crippen LogP contribution is -2.14. The van der Waals surface area contributed by atoms with Crippen molar-refractivity contribution in [1.29, 1.82) is 0 Å². The number of benzene rings is 2. The standard InChI is InChI=1S/C21H19N3O3S/c1-2-15-5-3-4-6-20(15)23-21(25)17-10-12-24(14-17)28(26,27)18-7-8-19-16(13-18)9-11-22-19/h3-14,22H,2H2,1H3,(H,23,25). The van der Waals surface area contributed by atoms with Crippen molar-refractivity contribution < 1.29 is 13.2 Å². The normalized spacial score (nSPS) is 11.6. The lowest BCUT2D eigenvalue weighted by Gasteiger charge is -2.09. The van der Waals surface area contributed by atoms with Crippen LogP contribution in [0.4, 0.5) is 5.69 Å².